The number of rotatable bonds is 4. The van der Waals surface area contributed by atoms with E-state index in [1.54, 1.807) is 29.4 Å². The van der Waals surface area contributed by atoms with Crippen molar-refractivity contribution in [3.8, 4) is 11.5 Å². The lowest BCUT2D eigenvalue weighted by molar-refractivity contribution is 0.528. The van der Waals surface area contributed by atoms with Crippen molar-refractivity contribution in [2.24, 2.45) is 0 Å². The van der Waals surface area contributed by atoms with Gasteiger partial charge in [-0.2, -0.15) is 0 Å². The van der Waals surface area contributed by atoms with Gasteiger partial charge in [-0.15, -0.1) is 21.5 Å². The zero-order chi connectivity index (χ0) is 14.8. The summed E-state index contributed by atoms with van der Waals surface area (Å²) < 4.78 is 5.70. The Labute approximate surface area is 134 Å². The summed E-state index contributed by atoms with van der Waals surface area (Å²) in [5.74, 6) is 1.72. The van der Waals surface area contributed by atoms with Crippen molar-refractivity contribution in [2.45, 2.75) is 10.8 Å². The van der Waals surface area contributed by atoms with Crippen molar-refractivity contribution >= 4 is 33.3 Å². The summed E-state index contributed by atoms with van der Waals surface area (Å²) in [7, 11) is 0. The number of hydrogen-bond donors (Lipinski definition) is 0. The number of hydrogen-bond acceptors (Lipinski definition) is 7. The molecule has 3 aromatic heterocycles. The van der Waals surface area contributed by atoms with Crippen LogP contribution in [0.5, 0.6) is 0 Å². The first-order chi connectivity index (χ1) is 10.9. The van der Waals surface area contributed by atoms with Crippen LogP contribution in [0.2, 0.25) is 0 Å². The van der Waals surface area contributed by atoms with Gasteiger partial charge in [-0.1, -0.05) is 30.0 Å². The second-order valence-electron chi connectivity index (χ2n) is 4.47. The van der Waals surface area contributed by atoms with Crippen molar-refractivity contribution in [3.05, 3.63) is 54.0 Å². The van der Waals surface area contributed by atoms with Gasteiger partial charge in [-0.3, -0.25) is 0 Å². The van der Waals surface area contributed by atoms with E-state index >= 15 is 0 Å². The van der Waals surface area contributed by atoms with Gasteiger partial charge in [-0.25, -0.2) is 9.97 Å². The van der Waals surface area contributed by atoms with Crippen LogP contribution in [0.15, 0.2) is 57.5 Å². The first kappa shape index (κ1) is 13.4. The quantitative estimate of drug-likeness (QED) is 0.417. The molecule has 4 aromatic rings. The van der Waals surface area contributed by atoms with Crippen LogP contribution in [-0.4, -0.2) is 20.2 Å². The monoisotopic (exact) mass is 326 g/mol. The highest BCUT2D eigenvalue weighted by molar-refractivity contribution is 7.98. The Balaban J connectivity index is 1.53. The van der Waals surface area contributed by atoms with Gasteiger partial charge in [-0.05, 0) is 23.6 Å². The van der Waals surface area contributed by atoms with Crippen LogP contribution in [0.25, 0.3) is 21.7 Å². The van der Waals surface area contributed by atoms with Crippen LogP contribution in [0.3, 0.4) is 0 Å². The minimum Gasteiger partial charge on any atom is -0.420 e. The summed E-state index contributed by atoms with van der Waals surface area (Å²) in [6, 6.07) is 11.8. The van der Waals surface area contributed by atoms with Gasteiger partial charge in [0, 0.05) is 10.9 Å². The first-order valence-electron chi connectivity index (χ1n) is 6.59. The highest BCUT2D eigenvalue weighted by atomic mass is 32.2. The topological polar surface area (TPSA) is 64.7 Å². The molecule has 22 heavy (non-hydrogen) atoms. The van der Waals surface area contributed by atoms with Crippen LogP contribution < -0.4 is 0 Å². The van der Waals surface area contributed by atoms with Gasteiger partial charge in [0.05, 0.1) is 5.75 Å². The lowest BCUT2D eigenvalue weighted by Gasteiger charge is -1.98. The smallest absolute Gasteiger partial charge is 0.247 e. The van der Waals surface area contributed by atoms with Crippen LogP contribution >= 0.6 is 23.1 Å². The molecule has 0 bridgehead atoms. The fraction of sp³-hybridized carbons (Fsp3) is 0.0667. The lowest BCUT2D eigenvalue weighted by Crippen LogP contribution is -1.85. The van der Waals surface area contributed by atoms with E-state index in [2.05, 4.69) is 20.2 Å². The molecule has 0 radical (unpaired) electrons. The lowest BCUT2D eigenvalue weighted by atomic mass is 10.2. The molecule has 0 N–H and O–H groups in total. The maximum Gasteiger partial charge on any atom is 0.247 e. The fourth-order valence-corrected chi connectivity index (χ4v) is 3.64. The Morgan fingerprint density at radius 1 is 1.05 bits per heavy atom. The van der Waals surface area contributed by atoms with Gasteiger partial charge < -0.3 is 4.42 Å². The molecule has 5 nitrogen and oxygen atoms in total. The molecule has 7 heteroatoms. The number of nitrogens with zero attached hydrogens (tertiary/aromatic N) is 4. The van der Waals surface area contributed by atoms with Crippen LogP contribution in [0.1, 0.15) is 5.89 Å². The summed E-state index contributed by atoms with van der Waals surface area (Å²) in [4.78, 5) is 9.56. The van der Waals surface area contributed by atoms with E-state index in [9.17, 15) is 0 Å². The third-order valence-electron chi connectivity index (χ3n) is 3.05. The zero-order valence-corrected chi connectivity index (χ0v) is 13.0. The second kappa shape index (κ2) is 5.86. The number of fused-ring (bicyclic) bond motifs is 1. The predicted octanol–water partition coefficient (Wildman–Crippen LogP) is 4.03. The van der Waals surface area contributed by atoms with Gasteiger partial charge in [0.2, 0.25) is 11.8 Å². The van der Waals surface area contributed by atoms with Crippen LogP contribution in [-0.2, 0) is 5.75 Å². The normalized spacial score (nSPS) is 11.1. The molecule has 0 amide bonds. The maximum atomic E-state index is 5.70. The Kier molecular flexibility index (Phi) is 3.57. The molecule has 0 saturated carbocycles. The van der Waals surface area contributed by atoms with E-state index in [0.717, 1.165) is 20.8 Å². The zero-order valence-electron chi connectivity index (χ0n) is 11.3. The Morgan fingerprint density at radius 2 is 1.95 bits per heavy atom. The highest BCUT2D eigenvalue weighted by Crippen LogP contribution is 2.30. The van der Waals surface area contributed by atoms with Gasteiger partial charge in [0.25, 0.3) is 0 Å². The fourth-order valence-electron chi connectivity index (χ4n) is 2.02. The molecule has 0 saturated heterocycles. The molecule has 0 fully saturated rings. The molecule has 0 aliphatic rings. The molecule has 108 valence electrons. The van der Waals surface area contributed by atoms with Crippen LogP contribution in [0.4, 0.5) is 0 Å². The Hall–Kier alpha value is -2.25. The Bertz CT molecular complexity index is 904. The average Bonchev–Trinajstić information content (AvgIpc) is 3.23. The number of benzene rings is 1. The maximum absolute atomic E-state index is 5.70. The number of thiophene rings is 1. The van der Waals surface area contributed by atoms with Crippen molar-refractivity contribution in [2.75, 3.05) is 0 Å². The predicted molar refractivity (Wildman–Crippen MR) is 86.7 cm³/mol. The summed E-state index contributed by atoms with van der Waals surface area (Å²) in [5.41, 5.74) is 0.925. The van der Waals surface area contributed by atoms with E-state index in [4.69, 9.17) is 4.42 Å². The summed E-state index contributed by atoms with van der Waals surface area (Å²) in [6.45, 7) is 0. The third kappa shape index (κ3) is 2.60. The van der Waals surface area contributed by atoms with E-state index < -0.39 is 0 Å². The van der Waals surface area contributed by atoms with E-state index in [1.807, 2.05) is 41.8 Å². The van der Waals surface area contributed by atoms with E-state index in [1.165, 1.54) is 0 Å². The summed E-state index contributed by atoms with van der Waals surface area (Å²) >= 11 is 3.18. The standard InChI is InChI=1S/C15H10N4OS2/c1-2-4-10(5-3-1)13-19-18-12(20-13)8-22-15-11-6-7-21-14(11)16-9-17-15/h1-7,9H,8H2. The third-order valence-corrected chi connectivity index (χ3v) is 4.86. The SMILES string of the molecule is c1ccc(-c2nnc(CSc3ncnc4sccc34)o2)cc1. The van der Waals surface area contributed by atoms with E-state index in [-0.39, 0.29) is 0 Å². The molecule has 0 spiro atoms. The first-order valence-corrected chi connectivity index (χ1v) is 8.45. The molecular formula is C15H10N4OS2. The van der Waals surface area contributed by atoms with Crippen molar-refractivity contribution in [1.29, 1.82) is 0 Å². The summed E-state index contributed by atoms with van der Waals surface area (Å²) in [6.07, 6.45) is 1.59. The highest BCUT2D eigenvalue weighted by Gasteiger charge is 2.11. The number of aromatic nitrogens is 4. The summed E-state index contributed by atoms with van der Waals surface area (Å²) in [5, 5.41) is 12.2. The molecular weight excluding hydrogens is 316 g/mol. The minimum atomic E-state index is 0.541. The molecule has 0 aliphatic heterocycles. The minimum absolute atomic E-state index is 0.541. The molecule has 1 aromatic carbocycles. The molecule has 4 rings (SSSR count). The van der Waals surface area contributed by atoms with Crippen molar-refractivity contribution in [3.63, 3.8) is 0 Å². The van der Waals surface area contributed by atoms with E-state index in [0.29, 0.717) is 17.5 Å². The molecule has 0 aliphatic carbocycles. The average molecular weight is 326 g/mol. The van der Waals surface area contributed by atoms with Gasteiger partial charge in [0.1, 0.15) is 16.2 Å². The number of thioether (sulfide) groups is 1. The molecule has 0 unspecified atom stereocenters. The van der Waals surface area contributed by atoms with Gasteiger partial charge >= 0.3 is 0 Å². The molecule has 0 atom stereocenters. The van der Waals surface area contributed by atoms with Gasteiger partial charge in [0.15, 0.2) is 0 Å². The van der Waals surface area contributed by atoms with Crippen LogP contribution in [0, 0.1) is 0 Å². The Morgan fingerprint density at radius 3 is 2.86 bits per heavy atom. The second-order valence-corrected chi connectivity index (χ2v) is 6.33. The molecule has 3 heterocycles. The van der Waals surface area contributed by atoms with Crippen molar-refractivity contribution in [1.82, 2.24) is 20.2 Å². The largest absolute Gasteiger partial charge is 0.420 e. The van der Waals surface area contributed by atoms with Crippen molar-refractivity contribution < 1.29 is 4.42 Å².